The highest BCUT2D eigenvalue weighted by Crippen LogP contribution is 2.33. The molecule has 11 heteroatoms. The molecule has 4 aliphatic rings. The van der Waals surface area contributed by atoms with Crippen molar-refractivity contribution >= 4 is 34.6 Å². The predicted octanol–water partition coefficient (Wildman–Crippen LogP) is 5.06. The van der Waals surface area contributed by atoms with E-state index in [4.69, 9.17) is 4.74 Å². The average molecular weight is 670 g/mol. The number of aromatic nitrogens is 2. The van der Waals surface area contributed by atoms with Crippen LogP contribution in [0.25, 0.3) is 10.9 Å². The summed E-state index contributed by atoms with van der Waals surface area (Å²) in [7, 11) is 4.13. The molecule has 0 unspecified atom stereocenters. The number of anilines is 1. The lowest BCUT2D eigenvalue weighted by molar-refractivity contribution is -0.142. The average Bonchev–Trinajstić information content (AvgIpc) is 3.40. The fraction of sp³-hybridized carbons (Fsp3) is 0.579. The zero-order valence-corrected chi connectivity index (χ0v) is 29.3. The normalized spacial score (nSPS) is 21.0. The summed E-state index contributed by atoms with van der Waals surface area (Å²) in [5, 5.41) is 8.50. The van der Waals surface area contributed by atoms with E-state index < -0.39 is 12.2 Å². The Labute approximate surface area is 289 Å². The molecule has 11 nitrogen and oxygen atoms in total. The molecule has 4 amide bonds. The topological polar surface area (TPSA) is 103 Å². The zero-order chi connectivity index (χ0) is 34.1. The Balaban J connectivity index is 1.01. The first kappa shape index (κ1) is 33.4. The first-order valence-corrected chi connectivity index (χ1v) is 18.2. The van der Waals surface area contributed by atoms with E-state index in [9.17, 15) is 14.4 Å². The molecule has 262 valence electrons. The summed E-state index contributed by atoms with van der Waals surface area (Å²) < 4.78 is 8.03. The second-order valence-corrected chi connectivity index (χ2v) is 14.7. The van der Waals surface area contributed by atoms with E-state index in [0.29, 0.717) is 57.9 Å². The smallest absolute Gasteiger partial charge is 0.410 e. The number of benzene rings is 2. The largest absolute Gasteiger partial charge is 0.436 e. The summed E-state index contributed by atoms with van der Waals surface area (Å²) in [6.07, 6.45) is 7.40. The Morgan fingerprint density at radius 2 is 1.57 bits per heavy atom. The van der Waals surface area contributed by atoms with Gasteiger partial charge in [-0.05, 0) is 113 Å². The number of para-hydroxylation sites is 1. The molecule has 0 bridgehead atoms. The van der Waals surface area contributed by atoms with E-state index in [0.717, 1.165) is 71.6 Å². The van der Waals surface area contributed by atoms with Crippen LogP contribution in [0.2, 0.25) is 0 Å². The van der Waals surface area contributed by atoms with Crippen LogP contribution in [0.1, 0.15) is 55.2 Å². The van der Waals surface area contributed by atoms with E-state index in [-0.39, 0.29) is 18.0 Å². The molecule has 3 saturated heterocycles. The van der Waals surface area contributed by atoms with Gasteiger partial charge in [0.2, 0.25) is 0 Å². The van der Waals surface area contributed by atoms with Gasteiger partial charge in [0.25, 0.3) is 5.91 Å². The molecule has 3 fully saturated rings. The summed E-state index contributed by atoms with van der Waals surface area (Å²) in [5.41, 5.74) is 5.10. The van der Waals surface area contributed by atoms with Crippen molar-refractivity contribution < 1.29 is 19.1 Å². The minimum atomic E-state index is -0.909. The quantitative estimate of drug-likeness (QED) is 0.394. The Bertz CT molecular complexity index is 1670. The van der Waals surface area contributed by atoms with Crippen molar-refractivity contribution in [1.29, 1.82) is 0 Å². The Morgan fingerprint density at radius 1 is 0.898 bits per heavy atom. The Morgan fingerprint density at radius 3 is 2.31 bits per heavy atom. The lowest BCUT2D eigenvalue weighted by Crippen LogP contribution is -2.52. The molecule has 1 N–H and O–H groups in total. The van der Waals surface area contributed by atoms with Crippen molar-refractivity contribution in [2.75, 3.05) is 58.2 Å². The first-order valence-electron chi connectivity index (χ1n) is 18.2. The molecule has 0 radical (unpaired) electrons. The maximum Gasteiger partial charge on any atom is 0.410 e. The van der Waals surface area contributed by atoms with Crippen LogP contribution in [0.5, 0.6) is 0 Å². The van der Waals surface area contributed by atoms with Gasteiger partial charge in [0.15, 0.2) is 6.10 Å². The van der Waals surface area contributed by atoms with Gasteiger partial charge < -0.3 is 29.7 Å². The predicted molar refractivity (Wildman–Crippen MR) is 189 cm³/mol. The lowest BCUT2D eigenvalue weighted by Gasteiger charge is -2.40. The standard InChI is InChI=1S/C38H51N7O4/c1-26-22-27(23-31-25-39-42(3)35(26)31)24-34(36(46)43-17-10-29(11-18-43)28-8-15-41(2)16-9-28)49-38(48)44-19-13-32(14-20-44)45-21-12-30-6-4-5-7-33(30)40-37(45)47/h4-7,22-23,25,28-29,32,34H,8-21,24H2,1-3H3,(H,40,47)/t34-/m1/s1. The fourth-order valence-corrected chi connectivity index (χ4v) is 8.73. The first-order chi connectivity index (χ1) is 23.7. The minimum Gasteiger partial charge on any atom is -0.436 e. The monoisotopic (exact) mass is 669 g/mol. The zero-order valence-electron chi connectivity index (χ0n) is 29.3. The van der Waals surface area contributed by atoms with Crippen molar-refractivity contribution in [2.24, 2.45) is 18.9 Å². The van der Waals surface area contributed by atoms with Gasteiger partial charge in [-0.3, -0.25) is 9.48 Å². The molecular formula is C38H51N7O4. The number of nitrogens with zero attached hydrogens (tertiary/aromatic N) is 6. The molecule has 0 aliphatic carbocycles. The number of likely N-dealkylation sites (tertiary alicyclic amines) is 3. The van der Waals surface area contributed by atoms with Gasteiger partial charge >= 0.3 is 12.1 Å². The van der Waals surface area contributed by atoms with Crippen molar-refractivity contribution in [3.05, 3.63) is 59.3 Å². The summed E-state index contributed by atoms with van der Waals surface area (Å²) in [4.78, 5) is 49.0. The van der Waals surface area contributed by atoms with Crippen LogP contribution in [0.4, 0.5) is 15.3 Å². The molecule has 5 heterocycles. The van der Waals surface area contributed by atoms with E-state index in [1.165, 1.54) is 12.8 Å². The number of carbonyl (C=O) groups is 3. The Kier molecular flexibility index (Phi) is 9.80. The number of ether oxygens (including phenoxy) is 1. The number of urea groups is 1. The van der Waals surface area contributed by atoms with E-state index in [1.807, 2.05) is 45.9 Å². The second-order valence-electron chi connectivity index (χ2n) is 14.7. The maximum absolute atomic E-state index is 14.2. The molecule has 0 spiro atoms. The number of hydrogen-bond donors (Lipinski definition) is 1. The highest BCUT2D eigenvalue weighted by atomic mass is 16.6. The summed E-state index contributed by atoms with van der Waals surface area (Å²) >= 11 is 0. The number of rotatable bonds is 6. The minimum absolute atomic E-state index is 0.0378. The molecule has 3 aromatic rings. The summed E-state index contributed by atoms with van der Waals surface area (Å²) in [6.45, 7) is 7.36. The Hall–Kier alpha value is -4.12. The van der Waals surface area contributed by atoms with Crippen LogP contribution in [-0.4, -0.2) is 112 Å². The number of hydrogen-bond acceptors (Lipinski definition) is 6. The van der Waals surface area contributed by atoms with Gasteiger partial charge in [-0.1, -0.05) is 24.3 Å². The van der Waals surface area contributed by atoms with Gasteiger partial charge in [-0.25, -0.2) is 9.59 Å². The third-order valence-corrected chi connectivity index (χ3v) is 11.6. The highest BCUT2D eigenvalue weighted by molar-refractivity contribution is 5.91. The second kappa shape index (κ2) is 14.4. The van der Waals surface area contributed by atoms with Crippen LogP contribution in [0.15, 0.2) is 42.6 Å². The molecule has 1 atom stereocenters. The van der Waals surface area contributed by atoms with Gasteiger partial charge in [0.1, 0.15) is 0 Å². The molecule has 4 aliphatic heterocycles. The van der Waals surface area contributed by atoms with Crippen LogP contribution >= 0.6 is 0 Å². The fourth-order valence-electron chi connectivity index (χ4n) is 8.73. The van der Waals surface area contributed by atoms with Gasteiger partial charge in [-0.2, -0.15) is 5.10 Å². The SMILES string of the molecule is Cc1cc(C[C@@H](OC(=O)N2CCC(N3CCc4ccccc4NC3=O)CC2)C(=O)N2CCC(C3CCN(C)CC3)CC2)cc2cnn(C)c12. The summed E-state index contributed by atoms with van der Waals surface area (Å²) in [6, 6.07) is 12.0. The maximum atomic E-state index is 14.2. The van der Waals surface area contributed by atoms with E-state index in [1.54, 1.807) is 4.90 Å². The third kappa shape index (κ3) is 7.27. The number of amides is 4. The molecule has 2 aromatic carbocycles. The van der Waals surface area contributed by atoms with E-state index in [2.05, 4.69) is 47.5 Å². The van der Waals surface area contributed by atoms with Gasteiger partial charge in [-0.15, -0.1) is 0 Å². The van der Waals surface area contributed by atoms with Gasteiger partial charge in [0, 0.05) is 63.3 Å². The molecular weight excluding hydrogens is 618 g/mol. The van der Waals surface area contributed by atoms with Crippen LogP contribution in [0, 0.1) is 18.8 Å². The number of aryl methyl sites for hydroxylation is 2. The van der Waals surface area contributed by atoms with E-state index >= 15 is 0 Å². The molecule has 49 heavy (non-hydrogen) atoms. The van der Waals surface area contributed by atoms with Crippen LogP contribution in [0.3, 0.4) is 0 Å². The molecule has 0 saturated carbocycles. The number of carbonyl (C=O) groups excluding carboxylic acids is 3. The third-order valence-electron chi connectivity index (χ3n) is 11.6. The van der Waals surface area contributed by atoms with Crippen molar-refractivity contribution in [2.45, 2.75) is 70.4 Å². The number of piperidine rings is 3. The van der Waals surface area contributed by atoms with Crippen LogP contribution < -0.4 is 5.32 Å². The molecule has 1 aromatic heterocycles. The molecule has 7 rings (SSSR count). The number of fused-ring (bicyclic) bond motifs is 2. The number of nitrogens with one attached hydrogen (secondary N) is 1. The summed E-state index contributed by atoms with van der Waals surface area (Å²) in [5.74, 6) is 1.28. The van der Waals surface area contributed by atoms with Gasteiger partial charge in [0.05, 0.1) is 11.7 Å². The van der Waals surface area contributed by atoms with Crippen LogP contribution in [-0.2, 0) is 29.4 Å². The highest BCUT2D eigenvalue weighted by Gasteiger charge is 2.37. The lowest BCUT2D eigenvalue weighted by atomic mass is 9.79. The van der Waals surface area contributed by atoms with Crippen molar-refractivity contribution in [1.82, 2.24) is 29.4 Å². The van der Waals surface area contributed by atoms with Crippen molar-refractivity contribution in [3.8, 4) is 0 Å². The van der Waals surface area contributed by atoms with Crippen molar-refractivity contribution in [3.63, 3.8) is 0 Å².